The second kappa shape index (κ2) is 12.4. The Kier molecular flexibility index (Phi) is 10.1. The third kappa shape index (κ3) is 8.49. The highest BCUT2D eigenvalue weighted by Crippen LogP contribution is 2.29. The van der Waals surface area contributed by atoms with E-state index in [1.807, 2.05) is 65.8 Å². The third-order valence-electron chi connectivity index (χ3n) is 5.88. The lowest BCUT2D eigenvalue weighted by Crippen LogP contribution is -2.55. The molecular formula is C28H41N3O5S. The van der Waals surface area contributed by atoms with Gasteiger partial charge in [-0.2, -0.15) is 0 Å². The molecule has 0 aliphatic carbocycles. The molecule has 0 spiro atoms. The van der Waals surface area contributed by atoms with Crippen molar-refractivity contribution in [2.45, 2.75) is 72.0 Å². The summed E-state index contributed by atoms with van der Waals surface area (Å²) in [5, 5.41) is 2.96. The minimum atomic E-state index is -3.80. The van der Waals surface area contributed by atoms with Crippen molar-refractivity contribution in [1.82, 2.24) is 10.2 Å². The van der Waals surface area contributed by atoms with E-state index < -0.39 is 34.1 Å². The zero-order valence-corrected chi connectivity index (χ0v) is 24.1. The molecule has 0 saturated carbocycles. The molecule has 1 N–H and O–H groups in total. The molecule has 0 radical (unpaired) electrons. The van der Waals surface area contributed by atoms with Gasteiger partial charge in [-0.25, -0.2) is 8.42 Å². The summed E-state index contributed by atoms with van der Waals surface area (Å²) in [4.78, 5) is 28.6. The number of anilines is 1. The lowest BCUT2D eigenvalue weighted by molar-refractivity contribution is -0.141. The molecule has 204 valence electrons. The molecule has 0 bridgehead atoms. The first-order chi connectivity index (χ1) is 17.2. The first-order valence-corrected chi connectivity index (χ1v) is 14.3. The number of methoxy groups -OCH3 is 1. The van der Waals surface area contributed by atoms with E-state index >= 15 is 0 Å². The second-order valence-electron chi connectivity index (χ2n) is 10.5. The zero-order valence-electron chi connectivity index (χ0n) is 23.2. The van der Waals surface area contributed by atoms with Crippen LogP contribution >= 0.6 is 0 Å². The number of hydrogen-bond donors (Lipinski definition) is 1. The van der Waals surface area contributed by atoms with Crippen molar-refractivity contribution in [3.8, 4) is 5.75 Å². The van der Waals surface area contributed by atoms with Crippen LogP contribution < -0.4 is 14.4 Å². The van der Waals surface area contributed by atoms with Crippen LogP contribution in [-0.4, -0.2) is 56.6 Å². The van der Waals surface area contributed by atoms with Crippen LogP contribution in [0.2, 0.25) is 0 Å². The number of sulfonamides is 1. The molecule has 2 rings (SSSR count). The fourth-order valence-electron chi connectivity index (χ4n) is 4.14. The molecule has 0 heterocycles. The normalized spacial score (nSPS) is 12.7. The summed E-state index contributed by atoms with van der Waals surface area (Å²) in [5.74, 6) is -0.0902. The van der Waals surface area contributed by atoms with Crippen LogP contribution in [0, 0.1) is 0 Å². The van der Waals surface area contributed by atoms with Gasteiger partial charge >= 0.3 is 0 Å². The van der Waals surface area contributed by atoms with E-state index in [4.69, 9.17) is 4.74 Å². The summed E-state index contributed by atoms with van der Waals surface area (Å²) < 4.78 is 32.3. The monoisotopic (exact) mass is 531 g/mol. The molecule has 1 atom stereocenters. The van der Waals surface area contributed by atoms with Crippen molar-refractivity contribution >= 4 is 27.5 Å². The lowest BCUT2D eigenvalue weighted by atomic mass is 10.0. The van der Waals surface area contributed by atoms with E-state index in [0.717, 1.165) is 21.7 Å². The number of hydrogen-bond acceptors (Lipinski definition) is 5. The maximum absolute atomic E-state index is 13.9. The Hall–Kier alpha value is -3.07. The number of nitrogens with one attached hydrogen (secondary N) is 1. The number of rotatable bonds is 11. The minimum absolute atomic E-state index is 0.0457. The van der Waals surface area contributed by atoms with Crippen molar-refractivity contribution in [1.29, 1.82) is 0 Å². The lowest BCUT2D eigenvalue weighted by Gasteiger charge is -2.35. The topological polar surface area (TPSA) is 96.0 Å². The SMILES string of the molecule is CC[C@@H](C(=O)NC(C)(C)C)N(Cc1cccc(OC)c1)C(=O)CN(c1ccccc1C(C)C)S(C)(=O)=O. The van der Waals surface area contributed by atoms with Crippen LogP contribution in [-0.2, 0) is 26.2 Å². The summed E-state index contributed by atoms with van der Waals surface area (Å²) in [6.45, 7) is 11.1. The molecule has 2 amide bonds. The minimum Gasteiger partial charge on any atom is -0.497 e. The van der Waals surface area contributed by atoms with Crippen LogP contribution in [0.15, 0.2) is 48.5 Å². The molecule has 0 fully saturated rings. The summed E-state index contributed by atoms with van der Waals surface area (Å²) in [6.07, 6.45) is 1.45. The second-order valence-corrected chi connectivity index (χ2v) is 12.4. The standard InChI is InChI=1S/C28H41N3O5S/c1-9-24(27(33)29-28(4,5)6)30(18-21-13-12-14-22(17-21)36-7)26(32)19-31(37(8,34)35)25-16-11-10-15-23(25)20(2)3/h10-17,20,24H,9,18-19H2,1-8H3,(H,29,33)/t24-/m0/s1. The van der Waals surface area contributed by atoms with Gasteiger partial charge in [0.2, 0.25) is 21.8 Å². The summed E-state index contributed by atoms with van der Waals surface area (Å²) in [7, 11) is -2.24. The fraction of sp³-hybridized carbons (Fsp3) is 0.500. The summed E-state index contributed by atoms with van der Waals surface area (Å²) in [6, 6.07) is 13.6. The van der Waals surface area contributed by atoms with Gasteiger partial charge in [0.1, 0.15) is 18.3 Å². The first kappa shape index (κ1) is 30.2. The summed E-state index contributed by atoms with van der Waals surface area (Å²) >= 11 is 0. The van der Waals surface area contributed by atoms with Gasteiger partial charge in [0, 0.05) is 12.1 Å². The Morgan fingerprint density at radius 2 is 1.70 bits per heavy atom. The van der Waals surface area contributed by atoms with Crippen molar-refractivity contribution in [3.05, 3.63) is 59.7 Å². The number of para-hydroxylation sites is 1. The molecular weight excluding hydrogens is 490 g/mol. The molecule has 2 aromatic carbocycles. The van der Waals surface area contributed by atoms with Crippen LogP contribution in [0.1, 0.15) is 65.0 Å². The Labute approximate surface area is 222 Å². The number of ether oxygens (including phenoxy) is 1. The summed E-state index contributed by atoms with van der Waals surface area (Å²) in [5.41, 5.74) is 1.55. The molecule has 2 aromatic rings. The maximum Gasteiger partial charge on any atom is 0.244 e. The highest BCUT2D eigenvalue weighted by molar-refractivity contribution is 7.92. The van der Waals surface area contributed by atoms with Crippen molar-refractivity contribution in [2.75, 3.05) is 24.2 Å². The molecule has 0 aliphatic heterocycles. The Bertz CT molecular complexity index is 1190. The van der Waals surface area contributed by atoms with Crippen LogP contribution in [0.4, 0.5) is 5.69 Å². The number of carbonyl (C=O) groups excluding carboxylic acids is 2. The van der Waals surface area contributed by atoms with Crippen LogP contribution in [0.25, 0.3) is 0 Å². The quantitative estimate of drug-likeness (QED) is 0.466. The zero-order chi connectivity index (χ0) is 28.0. The fourth-order valence-corrected chi connectivity index (χ4v) is 5.01. The average molecular weight is 532 g/mol. The number of amides is 2. The van der Waals surface area contributed by atoms with E-state index in [0.29, 0.717) is 17.9 Å². The molecule has 0 aromatic heterocycles. The average Bonchev–Trinajstić information content (AvgIpc) is 2.80. The van der Waals surface area contributed by atoms with Gasteiger partial charge in [0.15, 0.2) is 0 Å². The van der Waals surface area contributed by atoms with Crippen molar-refractivity contribution in [3.63, 3.8) is 0 Å². The van der Waals surface area contributed by atoms with E-state index in [2.05, 4.69) is 5.32 Å². The van der Waals surface area contributed by atoms with E-state index in [9.17, 15) is 18.0 Å². The molecule has 0 saturated heterocycles. The maximum atomic E-state index is 13.9. The number of carbonyl (C=O) groups is 2. The molecule has 37 heavy (non-hydrogen) atoms. The Balaban J connectivity index is 2.54. The molecule has 0 aliphatic rings. The molecule has 9 heteroatoms. The van der Waals surface area contributed by atoms with E-state index in [1.165, 1.54) is 4.90 Å². The van der Waals surface area contributed by atoms with Gasteiger partial charge in [-0.1, -0.05) is 51.1 Å². The van der Waals surface area contributed by atoms with Gasteiger partial charge in [0.25, 0.3) is 0 Å². The van der Waals surface area contributed by atoms with E-state index in [-0.39, 0.29) is 18.4 Å². The molecule has 0 unspecified atom stereocenters. The van der Waals surface area contributed by atoms with Gasteiger partial charge in [-0.05, 0) is 62.4 Å². The predicted octanol–water partition coefficient (Wildman–Crippen LogP) is 4.31. The Morgan fingerprint density at radius 1 is 1.05 bits per heavy atom. The Morgan fingerprint density at radius 3 is 2.24 bits per heavy atom. The largest absolute Gasteiger partial charge is 0.497 e. The van der Waals surface area contributed by atoms with Crippen molar-refractivity contribution in [2.24, 2.45) is 0 Å². The van der Waals surface area contributed by atoms with Gasteiger partial charge in [0.05, 0.1) is 19.1 Å². The van der Waals surface area contributed by atoms with Crippen molar-refractivity contribution < 1.29 is 22.7 Å². The van der Waals surface area contributed by atoms with Crippen LogP contribution in [0.5, 0.6) is 5.75 Å². The van der Waals surface area contributed by atoms with Crippen LogP contribution in [0.3, 0.4) is 0 Å². The number of benzene rings is 2. The smallest absolute Gasteiger partial charge is 0.244 e. The molecule has 8 nitrogen and oxygen atoms in total. The van der Waals surface area contributed by atoms with Gasteiger partial charge < -0.3 is 15.0 Å². The van der Waals surface area contributed by atoms with E-state index in [1.54, 1.807) is 31.4 Å². The van der Waals surface area contributed by atoms with Gasteiger partial charge in [-0.15, -0.1) is 0 Å². The predicted molar refractivity (Wildman–Crippen MR) is 148 cm³/mol. The highest BCUT2D eigenvalue weighted by atomic mass is 32.2. The number of nitrogens with zero attached hydrogens (tertiary/aromatic N) is 2. The van der Waals surface area contributed by atoms with Gasteiger partial charge in [-0.3, -0.25) is 13.9 Å². The first-order valence-electron chi connectivity index (χ1n) is 12.5. The third-order valence-corrected chi connectivity index (χ3v) is 7.00. The highest BCUT2D eigenvalue weighted by Gasteiger charge is 2.33.